The van der Waals surface area contributed by atoms with Gasteiger partial charge in [0.05, 0.1) is 18.3 Å². The van der Waals surface area contributed by atoms with E-state index in [1.54, 1.807) is 0 Å². The number of hydrogen-bond acceptors (Lipinski definition) is 7. The molecule has 31 heavy (non-hydrogen) atoms. The fourth-order valence-electron chi connectivity index (χ4n) is 4.10. The molecule has 0 bridgehead atoms. The minimum Gasteiger partial charge on any atom is -0.456 e. The van der Waals surface area contributed by atoms with E-state index < -0.39 is 24.8 Å². The number of amides is 3. The van der Waals surface area contributed by atoms with Crippen LogP contribution in [0.5, 0.6) is 11.5 Å². The quantitative estimate of drug-likeness (QED) is 0.535. The van der Waals surface area contributed by atoms with Gasteiger partial charge in [0.2, 0.25) is 11.8 Å². The van der Waals surface area contributed by atoms with Gasteiger partial charge in [0, 0.05) is 18.3 Å². The molecule has 4 rings (SSSR count). The van der Waals surface area contributed by atoms with Crippen molar-refractivity contribution in [2.75, 3.05) is 18.5 Å². The molecule has 1 saturated carbocycles. The molecule has 1 N–H and O–H groups in total. The maximum absolute atomic E-state index is 13.0. The third-order valence-corrected chi connectivity index (χ3v) is 5.52. The molecule has 11 heteroatoms. The predicted molar refractivity (Wildman–Crippen MR) is 99.0 cm³/mol. The maximum atomic E-state index is 13.0. The van der Waals surface area contributed by atoms with Crippen LogP contribution in [0.25, 0.3) is 0 Å². The number of nitrogens with zero attached hydrogens (tertiary/aromatic N) is 1. The van der Waals surface area contributed by atoms with Gasteiger partial charge in [0.15, 0.2) is 18.1 Å². The Hall–Kier alpha value is -3.24. The highest BCUT2D eigenvalue weighted by molar-refractivity contribution is 6.05. The zero-order valence-corrected chi connectivity index (χ0v) is 16.4. The molecule has 1 aromatic carbocycles. The second-order valence-electron chi connectivity index (χ2n) is 7.61. The van der Waals surface area contributed by atoms with Crippen molar-refractivity contribution in [2.24, 2.45) is 11.8 Å². The Kier molecular flexibility index (Phi) is 5.50. The van der Waals surface area contributed by atoms with E-state index in [9.17, 15) is 28.0 Å². The molecule has 3 amide bonds. The van der Waals surface area contributed by atoms with Crippen LogP contribution in [0.3, 0.4) is 0 Å². The highest BCUT2D eigenvalue weighted by Gasteiger charge is 2.48. The number of ether oxygens (including phenoxy) is 3. The molecular weight excluding hydrogens is 418 g/mol. The molecule has 166 valence electrons. The zero-order valence-electron chi connectivity index (χ0n) is 16.4. The Morgan fingerprint density at radius 1 is 1.10 bits per heavy atom. The van der Waals surface area contributed by atoms with E-state index >= 15 is 0 Å². The number of likely N-dealkylation sites (tertiary alicyclic amines) is 1. The average molecular weight is 438 g/mol. The van der Waals surface area contributed by atoms with Crippen LogP contribution < -0.4 is 14.8 Å². The summed E-state index contributed by atoms with van der Waals surface area (Å²) in [5.74, 6) is -2.90. The second kappa shape index (κ2) is 8.12. The van der Waals surface area contributed by atoms with Crippen LogP contribution in [0.1, 0.15) is 32.1 Å². The van der Waals surface area contributed by atoms with Gasteiger partial charge in [-0.1, -0.05) is 12.8 Å². The SMILES string of the molecule is O=C(COC(=O)CCN1C(=O)C2CCCCC2C1=O)Nc1ccc2c(c1)OC(F)(F)O2. The van der Waals surface area contributed by atoms with Crippen LogP contribution in [-0.4, -0.2) is 48.0 Å². The highest BCUT2D eigenvalue weighted by atomic mass is 19.3. The molecule has 2 heterocycles. The van der Waals surface area contributed by atoms with Gasteiger partial charge in [-0.3, -0.25) is 24.1 Å². The number of halogens is 2. The van der Waals surface area contributed by atoms with E-state index in [-0.39, 0.29) is 53.8 Å². The summed E-state index contributed by atoms with van der Waals surface area (Å²) in [5, 5.41) is 2.38. The Morgan fingerprint density at radius 3 is 2.42 bits per heavy atom. The lowest BCUT2D eigenvalue weighted by molar-refractivity contribution is -0.286. The van der Waals surface area contributed by atoms with Crippen molar-refractivity contribution >= 4 is 29.4 Å². The number of benzene rings is 1. The molecule has 2 unspecified atom stereocenters. The van der Waals surface area contributed by atoms with Crippen LogP contribution in [0.2, 0.25) is 0 Å². The number of nitrogens with one attached hydrogen (secondary N) is 1. The van der Waals surface area contributed by atoms with Gasteiger partial charge in [-0.05, 0) is 25.0 Å². The van der Waals surface area contributed by atoms with E-state index in [0.717, 1.165) is 23.8 Å². The van der Waals surface area contributed by atoms with Crippen molar-refractivity contribution in [1.82, 2.24) is 4.90 Å². The molecule has 0 radical (unpaired) electrons. The third-order valence-electron chi connectivity index (χ3n) is 5.52. The standard InChI is InChI=1S/C20H20F2N2O7/c21-20(22)30-14-6-5-11(9-15(14)31-20)23-16(25)10-29-17(26)7-8-24-18(27)12-3-1-2-4-13(12)19(24)28/h5-6,9,12-13H,1-4,7-8,10H2,(H,23,25). The molecule has 2 atom stereocenters. The summed E-state index contributed by atoms with van der Waals surface area (Å²) < 4.78 is 39.5. The molecule has 0 spiro atoms. The van der Waals surface area contributed by atoms with E-state index in [1.807, 2.05) is 0 Å². The van der Waals surface area contributed by atoms with Crippen molar-refractivity contribution in [3.05, 3.63) is 18.2 Å². The number of imide groups is 1. The molecular formula is C20H20F2N2O7. The van der Waals surface area contributed by atoms with Gasteiger partial charge in [0.25, 0.3) is 5.91 Å². The number of carbonyl (C=O) groups excluding carboxylic acids is 4. The van der Waals surface area contributed by atoms with Crippen molar-refractivity contribution in [2.45, 2.75) is 38.4 Å². The summed E-state index contributed by atoms with van der Waals surface area (Å²) in [5.41, 5.74) is 0.150. The Morgan fingerprint density at radius 2 is 1.74 bits per heavy atom. The Bertz CT molecular complexity index is 912. The van der Waals surface area contributed by atoms with Crippen LogP contribution in [0.4, 0.5) is 14.5 Å². The topological polar surface area (TPSA) is 111 Å². The highest BCUT2D eigenvalue weighted by Crippen LogP contribution is 2.42. The molecule has 1 saturated heterocycles. The van der Waals surface area contributed by atoms with Gasteiger partial charge in [-0.25, -0.2) is 0 Å². The number of esters is 1. The molecule has 0 aromatic heterocycles. The van der Waals surface area contributed by atoms with Crippen molar-refractivity contribution in [3.8, 4) is 11.5 Å². The average Bonchev–Trinajstić information content (AvgIpc) is 3.17. The van der Waals surface area contributed by atoms with Crippen molar-refractivity contribution in [3.63, 3.8) is 0 Å². The lowest BCUT2D eigenvalue weighted by atomic mass is 9.81. The fourth-order valence-corrected chi connectivity index (χ4v) is 4.10. The molecule has 2 fully saturated rings. The van der Waals surface area contributed by atoms with E-state index in [0.29, 0.717) is 12.8 Å². The first-order valence-corrected chi connectivity index (χ1v) is 9.94. The van der Waals surface area contributed by atoms with E-state index in [1.165, 1.54) is 12.1 Å². The number of rotatable bonds is 6. The van der Waals surface area contributed by atoms with Crippen molar-refractivity contribution in [1.29, 1.82) is 0 Å². The number of hydrogen-bond donors (Lipinski definition) is 1. The molecule has 1 aromatic rings. The lowest BCUT2D eigenvalue weighted by Gasteiger charge is -2.19. The number of fused-ring (bicyclic) bond motifs is 2. The minimum absolute atomic E-state index is 0.0819. The fraction of sp³-hybridized carbons (Fsp3) is 0.500. The summed E-state index contributed by atoms with van der Waals surface area (Å²) in [6, 6.07) is 3.69. The Labute approximate surface area is 175 Å². The number of anilines is 1. The van der Waals surface area contributed by atoms with Gasteiger partial charge >= 0.3 is 12.3 Å². The Balaban J connectivity index is 1.22. The summed E-state index contributed by atoms with van der Waals surface area (Å²) in [4.78, 5) is 49.8. The molecule has 2 aliphatic heterocycles. The molecule has 9 nitrogen and oxygen atoms in total. The third kappa shape index (κ3) is 4.44. The summed E-state index contributed by atoms with van der Waals surface area (Å²) in [7, 11) is 0. The second-order valence-corrected chi connectivity index (χ2v) is 7.61. The first-order chi connectivity index (χ1) is 14.7. The van der Waals surface area contributed by atoms with Crippen LogP contribution in [0, 0.1) is 11.8 Å². The van der Waals surface area contributed by atoms with Gasteiger partial charge < -0.3 is 19.5 Å². The first-order valence-electron chi connectivity index (χ1n) is 9.94. The smallest absolute Gasteiger partial charge is 0.456 e. The van der Waals surface area contributed by atoms with Gasteiger partial charge in [-0.15, -0.1) is 8.78 Å². The van der Waals surface area contributed by atoms with Crippen molar-refractivity contribution < 1.29 is 42.2 Å². The summed E-state index contributed by atoms with van der Waals surface area (Å²) in [6.45, 7) is -0.696. The molecule has 3 aliphatic rings. The zero-order chi connectivity index (χ0) is 22.2. The lowest BCUT2D eigenvalue weighted by Crippen LogP contribution is -2.33. The van der Waals surface area contributed by atoms with E-state index in [2.05, 4.69) is 14.8 Å². The monoisotopic (exact) mass is 438 g/mol. The van der Waals surface area contributed by atoms with Gasteiger partial charge in [0.1, 0.15) is 0 Å². The maximum Gasteiger partial charge on any atom is 0.586 e. The van der Waals surface area contributed by atoms with Crippen LogP contribution >= 0.6 is 0 Å². The molecule has 1 aliphatic carbocycles. The predicted octanol–water partition coefficient (Wildman–Crippen LogP) is 2.06. The number of alkyl halides is 2. The van der Waals surface area contributed by atoms with E-state index in [4.69, 9.17) is 4.74 Å². The largest absolute Gasteiger partial charge is 0.586 e. The summed E-state index contributed by atoms with van der Waals surface area (Å²) >= 11 is 0. The minimum atomic E-state index is -3.77. The normalized spacial score (nSPS) is 23.5. The summed E-state index contributed by atoms with van der Waals surface area (Å²) in [6.07, 6.45) is -0.782. The van der Waals surface area contributed by atoms with Crippen LogP contribution in [0.15, 0.2) is 18.2 Å². The van der Waals surface area contributed by atoms with Crippen LogP contribution in [-0.2, 0) is 23.9 Å². The first kappa shape index (κ1) is 21.0. The number of carbonyl (C=O) groups is 4. The van der Waals surface area contributed by atoms with Gasteiger partial charge in [-0.2, -0.15) is 0 Å².